The molecule has 164 valence electrons. The highest BCUT2D eigenvalue weighted by molar-refractivity contribution is 6.09. The van der Waals surface area contributed by atoms with Crippen LogP contribution in [0.2, 0.25) is 0 Å². The Balaban J connectivity index is 1.80. The van der Waals surface area contributed by atoms with E-state index in [1.807, 2.05) is 0 Å². The minimum atomic E-state index is -0.688. The summed E-state index contributed by atoms with van der Waals surface area (Å²) < 4.78 is 23.6. The first kappa shape index (κ1) is 22.3. The first-order valence-corrected chi connectivity index (χ1v) is 9.36. The average Bonchev–Trinajstić information content (AvgIpc) is 2.79. The number of rotatable bonds is 7. The quantitative estimate of drug-likeness (QED) is 0.297. The number of amides is 2. The van der Waals surface area contributed by atoms with Gasteiger partial charge < -0.3 is 19.9 Å². The lowest BCUT2D eigenvalue weighted by molar-refractivity contribution is 0.0955. The number of carbonyl (C=O) groups is 2. The summed E-state index contributed by atoms with van der Waals surface area (Å²) in [6.45, 7) is 0. The number of hydrazone groups is 1. The Morgan fingerprint density at radius 2 is 1.69 bits per heavy atom. The van der Waals surface area contributed by atoms with Gasteiger partial charge in [-0.15, -0.1) is 0 Å². The third kappa shape index (κ3) is 5.60. The van der Waals surface area contributed by atoms with Crippen molar-refractivity contribution in [3.63, 3.8) is 0 Å². The lowest BCUT2D eigenvalue weighted by Crippen LogP contribution is -2.21. The van der Waals surface area contributed by atoms with Crippen LogP contribution in [0.5, 0.6) is 17.2 Å². The first-order valence-electron chi connectivity index (χ1n) is 9.36. The van der Waals surface area contributed by atoms with Crippen molar-refractivity contribution in [1.82, 2.24) is 5.43 Å². The number of ether oxygens (including phenoxy) is 2. The van der Waals surface area contributed by atoms with Gasteiger partial charge in [0.05, 0.1) is 31.7 Å². The van der Waals surface area contributed by atoms with Gasteiger partial charge in [-0.3, -0.25) is 9.59 Å². The van der Waals surface area contributed by atoms with E-state index in [2.05, 4.69) is 15.8 Å². The number of phenolic OH excluding ortho intramolecular Hbond substituents is 1. The highest BCUT2D eigenvalue weighted by Crippen LogP contribution is 2.25. The van der Waals surface area contributed by atoms with Crippen LogP contribution in [0.3, 0.4) is 0 Å². The maximum absolute atomic E-state index is 13.2. The topological polar surface area (TPSA) is 109 Å². The second-order valence-corrected chi connectivity index (χ2v) is 6.54. The number of phenols is 1. The Morgan fingerprint density at radius 1 is 0.969 bits per heavy atom. The Morgan fingerprint density at radius 3 is 2.34 bits per heavy atom. The number of methoxy groups -OCH3 is 2. The number of carbonyl (C=O) groups excluding carboxylic acids is 2. The van der Waals surface area contributed by atoms with Crippen LogP contribution in [0.4, 0.5) is 10.1 Å². The Bertz CT molecular complexity index is 1160. The van der Waals surface area contributed by atoms with Crippen LogP contribution in [-0.2, 0) is 0 Å². The number of nitrogens with one attached hydrogen (secondary N) is 2. The van der Waals surface area contributed by atoms with Crippen molar-refractivity contribution in [3.8, 4) is 17.2 Å². The monoisotopic (exact) mass is 437 g/mol. The van der Waals surface area contributed by atoms with E-state index in [0.29, 0.717) is 17.1 Å². The Hall–Kier alpha value is -4.40. The van der Waals surface area contributed by atoms with E-state index in [4.69, 9.17) is 9.47 Å². The predicted molar refractivity (Wildman–Crippen MR) is 117 cm³/mol. The van der Waals surface area contributed by atoms with Gasteiger partial charge in [0.2, 0.25) is 0 Å². The van der Waals surface area contributed by atoms with Crippen LogP contribution in [0.25, 0.3) is 0 Å². The molecule has 0 aliphatic heterocycles. The van der Waals surface area contributed by atoms with Gasteiger partial charge in [-0.2, -0.15) is 5.10 Å². The first-order chi connectivity index (χ1) is 15.4. The molecule has 0 aliphatic rings. The zero-order valence-corrected chi connectivity index (χ0v) is 17.3. The van der Waals surface area contributed by atoms with Crippen LogP contribution in [0, 0.1) is 5.82 Å². The molecule has 0 unspecified atom stereocenters. The molecule has 0 aromatic heterocycles. The molecule has 0 atom stereocenters. The fraction of sp³-hybridized carbons (Fsp3) is 0.0870. The fourth-order valence-corrected chi connectivity index (χ4v) is 2.77. The molecule has 32 heavy (non-hydrogen) atoms. The van der Waals surface area contributed by atoms with Crippen molar-refractivity contribution in [2.24, 2.45) is 5.10 Å². The van der Waals surface area contributed by atoms with Crippen LogP contribution in [0.15, 0.2) is 65.8 Å². The van der Waals surface area contributed by atoms with Gasteiger partial charge in [0.1, 0.15) is 23.1 Å². The number of nitrogens with zero attached hydrogens (tertiary/aromatic N) is 1. The summed E-state index contributed by atoms with van der Waals surface area (Å²) in [5.41, 5.74) is 3.10. The smallest absolute Gasteiger partial charge is 0.273 e. The minimum absolute atomic E-state index is 0.0235. The van der Waals surface area contributed by atoms with E-state index in [-0.39, 0.29) is 22.6 Å². The standard InChI is InChI=1S/C23H20FN3O5/c1-31-18-9-15(10-19(12-18)32-2)22(29)26-21-7-6-17(28)11-20(21)23(30)27-25-13-14-4-3-5-16(24)8-14/h3-13,28H,1-2H3,(H,26,29)(H,27,30). The minimum Gasteiger partial charge on any atom is -0.508 e. The van der Waals surface area contributed by atoms with E-state index < -0.39 is 17.6 Å². The molecule has 8 nitrogen and oxygen atoms in total. The number of halogens is 1. The van der Waals surface area contributed by atoms with Crippen molar-refractivity contribution in [2.45, 2.75) is 0 Å². The van der Waals surface area contributed by atoms with E-state index in [9.17, 15) is 19.1 Å². The van der Waals surface area contributed by atoms with Gasteiger partial charge in [0.25, 0.3) is 11.8 Å². The van der Waals surface area contributed by atoms with E-state index in [0.717, 1.165) is 0 Å². The molecule has 3 aromatic rings. The van der Waals surface area contributed by atoms with Crippen molar-refractivity contribution >= 4 is 23.7 Å². The summed E-state index contributed by atoms with van der Waals surface area (Å²) >= 11 is 0. The molecular weight excluding hydrogens is 417 g/mol. The Kier molecular flexibility index (Phi) is 7.02. The number of benzene rings is 3. The molecule has 9 heteroatoms. The lowest BCUT2D eigenvalue weighted by Gasteiger charge is -2.12. The maximum atomic E-state index is 13.2. The van der Waals surface area contributed by atoms with Gasteiger partial charge in [-0.1, -0.05) is 12.1 Å². The molecule has 0 fully saturated rings. The molecule has 0 spiro atoms. The van der Waals surface area contributed by atoms with Gasteiger partial charge in [0.15, 0.2) is 0 Å². The normalized spacial score (nSPS) is 10.6. The van der Waals surface area contributed by atoms with Crippen LogP contribution < -0.4 is 20.2 Å². The second-order valence-electron chi connectivity index (χ2n) is 6.54. The highest BCUT2D eigenvalue weighted by Gasteiger charge is 2.16. The molecule has 0 aliphatic carbocycles. The van der Waals surface area contributed by atoms with Crippen molar-refractivity contribution in [1.29, 1.82) is 0 Å². The molecule has 3 rings (SSSR count). The third-order valence-corrected chi connectivity index (χ3v) is 4.34. The van der Waals surface area contributed by atoms with Crippen molar-refractivity contribution < 1.29 is 28.6 Å². The zero-order chi connectivity index (χ0) is 23.1. The molecule has 0 bridgehead atoms. The van der Waals surface area contributed by atoms with Gasteiger partial charge in [-0.05, 0) is 48.0 Å². The van der Waals surface area contributed by atoms with Gasteiger partial charge in [0, 0.05) is 11.6 Å². The summed E-state index contributed by atoms with van der Waals surface area (Å²) in [7, 11) is 2.92. The van der Waals surface area contributed by atoms with E-state index in [1.165, 1.54) is 69.0 Å². The third-order valence-electron chi connectivity index (χ3n) is 4.34. The summed E-state index contributed by atoms with van der Waals surface area (Å²) in [4.78, 5) is 25.4. The van der Waals surface area contributed by atoms with Gasteiger partial charge in [-0.25, -0.2) is 9.82 Å². The van der Waals surface area contributed by atoms with Crippen LogP contribution in [0.1, 0.15) is 26.3 Å². The highest BCUT2D eigenvalue weighted by atomic mass is 19.1. The van der Waals surface area contributed by atoms with Crippen LogP contribution in [-0.4, -0.2) is 37.4 Å². The second kappa shape index (κ2) is 10.1. The van der Waals surface area contributed by atoms with Crippen molar-refractivity contribution in [3.05, 3.63) is 83.2 Å². The summed E-state index contributed by atoms with van der Waals surface area (Å²) in [5.74, 6) is -0.982. The molecule has 2 amide bonds. The molecule has 0 saturated carbocycles. The number of anilines is 1. The Labute approximate surface area is 183 Å². The SMILES string of the molecule is COc1cc(OC)cc(C(=O)Nc2ccc(O)cc2C(=O)NN=Cc2cccc(F)c2)c1. The number of hydrogen-bond acceptors (Lipinski definition) is 6. The number of hydrogen-bond donors (Lipinski definition) is 3. The van der Waals surface area contributed by atoms with Gasteiger partial charge >= 0.3 is 0 Å². The fourth-order valence-electron chi connectivity index (χ4n) is 2.77. The summed E-state index contributed by atoms with van der Waals surface area (Å²) in [5, 5.41) is 16.2. The lowest BCUT2D eigenvalue weighted by atomic mass is 10.1. The average molecular weight is 437 g/mol. The van der Waals surface area contributed by atoms with E-state index >= 15 is 0 Å². The molecule has 3 aromatic carbocycles. The summed E-state index contributed by atoms with van der Waals surface area (Å²) in [6.07, 6.45) is 1.27. The molecule has 0 radical (unpaired) electrons. The molecule has 0 saturated heterocycles. The number of aromatic hydroxyl groups is 1. The zero-order valence-electron chi connectivity index (χ0n) is 17.3. The largest absolute Gasteiger partial charge is 0.508 e. The van der Waals surface area contributed by atoms with Crippen LogP contribution >= 0.6 is 0 Å². The molecule has 0 heterocycles. The maximum Gasteiger partial charge on any atom is 0.273 e. The predicted octanol–water partition coefficient (Wildman–Crippen LogP) is 3.56. The van der Waals surface area contributed by atoms with Crippen molar-refractivity contribution in [2.75, 3.05) is 19.5 Å². The molecular formula is C23H20FN3O5. The van der Waals surface area contributed by atoms with E-state index in [1.54, 1.807) is 12.1 Å². The molecule has 3 N–H and O–H groups in total. The summed E-state index contributed by atoms with van der Waals surface area (Å²) in [6, 6.07) is 14.2.